The third kappa shape index (κ3) is 5.42. The van der Waals surface area contributed by atoms with Crippen LogP contribution in [-0.4, -0.2) is 63.3 Å². The Kier molecular flexibility index (Phi) is 7.58. The molecule has 3 rings (SSSR count). The molecule has 1 N–H and O–H groups in total. The van der Waals surface area contributed by atoms with Gasteiger partial charge in [0.25, 0.3) is 5.91 Å². The van der Waals surface area contributed by atoms with Crippen molar-refractivity contribution < 1.29 is 13.2 Å². The normalized spacial score (nSPS) is 19.9. The zero-order chi connectivity index (χ0) is 21.9. The maximum atomic E-state index is 12.9. The van der Waals surface area contributed by atoms with Crippen molar-refractivity contribution in [2.24, 2.45) is 5.92 Å². The van der Waals surface area contributed by atoms with Gasteiger partial charge in [-0.3, -0.25) is 4.79 Å². The summed E-state index contributed by atoms with van der Waals surface area (Å²) in [5, 5.41) is 3.14. The maximum Gasteiger partial charge on any atom is 0.251 e. The first-order valence-electron chi connectivity index (χ1n) is 11.3. The van der Waals surface area contributed by atoms with Crippen molar-refractivity contribution in [3.8, 4) is 0 Å². The first-order chi connectivity index (χ1) is 14.2. The van der Waals surface area contributed by atoms with Crippen molar-refractivity contribution in [3.63, 3.8) is 0 Å². The molecule has 7 heteroatoms. The van der Waals surface area contributed by atoms with Crippen LogP contribution < -0.4 is 5.32 Å². The monoisotopic (exact) mass is 435 g/mol. The van der Waals surface area contributed by atoms with E-state index in [4.69, 9.17) is 0 Å². The van der Waals surface area contributed by atoms with Crippen LogP contribution in [0.5, 0.6) is 0 Å². The van der Waals surface area contributed by atoms with Gasteiger partial charge in [0.05, 0.1) is 4.90 Å². The molecule has 1 aromatic rings. The van der Waals surface area contributed by atoms with E-state index in [1.807, 2.05) is 6.92 Å². The summed E-state index contributed by atoms with van der Waals surface area (Å²) < 4.78 is 26.5. The third-order valence-corrected chi connectivity index (χ3v) is 8.75. The van der Waals surface area contributed by atoms with Gasteiger partial charge in [-0.1, -0.05) is 19.3 Å². The van der Waals surface area contributed by atoms with E-state index in [1.54, 1.807) is 13.0 Å². The van der Waals surface area contributed by atoms with Crippen molar-refractivity contribution in [2.75, 3.05) is 33.7 Å². The number of aryl methyl sites for hydroxylation is 1. The molecule has 0 spiro atoms. The number of rotatable bonds is 6. The molecule has 0 atom stereocenters. The summed E-state index contributed by atoms with van der Waals surface area (Å²) in [4.78, 5) is 15.7. The lowest BCUT2D eigenvalue weighted by atomic mass is 9.88. The Balaban J connectivity index is 1.61. The Morgan fingerprint density at radius 3 is 2.30 bits per heavy atom. The summed E-state index contributed by atoms with van der Waals surface area (Å²) >= 11 is 0. The zero-order valence-corrected chi connectivity index (χ0v) is 19.7. The average molecular weight is 436 g/mol. The molecule has 1 amide bonds. The Bertz CT molecular complexity index is 853. The van der Waals surface area contributed by atoms with Crippen molar-refractivity contribution in [1.29, 1.82) is 0 Å². The highest BCUT2D eigenvalue weighted by atomic mass is 32.2. The van der Waals surface area contributed by atoms with Gasteiger partial charge in [0.1, 0.15) is 0 Å². The van der Waals surface area contributed by atoms with Crippen LogP contribution in [0.1, 0.15) is 66.4 Å². The second-order valence-corrected chi connectivity index (χ2v) is 11.4. The number of benzene rings is 1. The summed E-state index contributed by atoms with van der Waals surface area (Å²) in [6.45, 7) is 6.88. The summed E-state index contributed by atoms with van der Waals surface area (Å²) in [7, 11) is -0.570. The molecule has 2 aliphatic rings. The predicted molar refractivity (Wildman–Crippen MR) is 120 cm³/mol. The van der Waals surface area contributed by atoms with Gasteiger partial charge in [-0.15, -0.1) is 0 Å². The molecular formula is C23H37N3O3S. The number of nitrogens with one attached hydrogen (secondary N) is 1. The van der Waals surface area contributed by atoms with Crippen LogP contribution in [0.4, 0.5) is 0 Å². The molecular weight excluding hydrogens is 398 g/mol. The Morgan fingerprint density at radius 1 is 1.07 bits per heavy atom. The fourth-order valence-electron chi connectivity index (χ4n) is 4.69. The Labute approximate surface area is 182 Å². The van der Waals surface area contributed by atoms with Gasteiger partial charge >= 0.3 is 0 Å². The number of carbonyl (C=O) groups excluding carboxylic acids is 1. The number of piperidine rings is 1. The number of amides is 1. The minimum absolute atomic E-state index is 0.149. The molecule has 1 aliphatic heterocycles. The Morgan fingerprint density at radius 2 is 1.70 bits per heavy atom. The number of hydrogen-bond donors (Lipinski definition) is 1. The average Bonchev–Trinajstić information content (AvgIpc) is 2.71. The van der Waals surface area contributed by atoms with E-state index in [0.717, 1.165) is 37.4 Å². The van der Waals surface area contributed by atoms with E-state index in [9.17, 15) is 13.2 Å². The number of carbonyl (C=O) groups is 1. The minimum atomic E-state index is -3.59. The SMILES string of the molecule is Cc1cc(C(=O)NC2CCN(CC3CCCCC3)CC2)cc(S(=O)(=O)N(C)C)c1C. The molecule has 0 radical (unpaired) electrons. The lowest BCUT2D eigenvalue weighted by Crippen LogP contribution is -2.46. The number of sulfonamides is 1. The third-order valence-electron chi connectivity index (χ3n) is 6.80. The number of nitrogens with zero attached hydrogens (tertiary/aromatic N) is 2. The molecule has 6 nitrogen and oxygen atoms in total. The number of likely N-dealkylation sites (tertiary alicyclic amines) is 1. The summed E-state index contributed by atoms with van der Waals surface area (Å²) in [5.74, 6) is 0.663. The molecule has 2 fully saturated rings. The highest BCUT2D eigenvalue weighted by molar-refractivity contribution is 7.89. The van der Waals surface area contributed by atoms with Crippen molar-refractivity contribution >= 4 is 15.9 Å². The van der Waals surface area contributed by atoms with Gasteiger partial charge in [0.15, 0.2) is 0 Å². The van der Waals surface area contributed by atoms with E-state index in [1.165, 1.54) is 63.1 Å². The summed E-state index contributed by atoms with van der Waals surface area (Å²) in [6, 6.07) is 3.46. The molecule has 0 bridgehead atoms. The van der Waals surface area contributed by atoms with Crippen LogP contribution in [0, 0.1) is 19.8 Å². The molecule has 30 heavy (non-hydrogen) atoms. The maximum absolute atomic E-state index is 12.9. The first-order valence-corrected chi connectivity index (χ1v) is 12.7. The zero-order valence-electron chi connectivity index (χ0n) is 18.9. The van der Waals surface area contributed by atoms with Crippen LogP contribution in [-0.2, 0) is 10.0 Å². The second kappa shape index (κ2) is 9.79. The van der Waals surface area contributed by atoms with Gasteiger partial charge in [-0.2, -0.15) is 0 Å². The fraction of sp³-hybridized carbons (Fsp3) is 0.696. The van der Waals surface area contributed by atoms with Gasteiger partial charge in [0, 0.05) is 45.3 Å². The van der Waals surface area contributed by atoms with E-state index in [-0.39, 0.29) is 16.8 Å². The largest absolute Gasteiger partial charge is 0.349 e. The Hall–Kier alpha value is -1.44. The van der Waals surface area contributed by atoms with Crippen LogP contribution in [0.3, 0.4) is 0 Å². The standard InChI is InChI=1S/C23H37N3O3S/c1-17-14-20(15-22(18(17)2)30(28,29)25(3)4)23(27)24-21-10-12-26(13-11-21)16-19-8-6-5-7-9-19/h14-15,19,21H,5-13,16H2,1-4H3,(H,24,27). The molecule has 1 aliphatic carbocycles. The quantitative estimate of drug-likeness (QED) is 0.744. The molecule has 168 valence electrons. The van der Waals surface area contributed by atoms with Crippen molar-refractivity contribution in [2.45, 2.75) is 69.7 Å². The van der Waals surface area contributed by atoms with Crippen molar-refractivity contribution in [1.82, 2.24) is 14.5 Å². The smallest absolute Gasteiger partial charge is 0.251 e. The molecule has 1 saturated carbocycles. The lowest BCUT2D eigenvalue weighted by molar-refractivity contribution is 0.0901. The molecule has 1 heterocycles. The molecule has 0 unspecified atom stereocenters. The second-order valence-electron chi connectivity index (χ2n) is 9.26. The minimum Gasteiger partial charge on any atom is -0.349 e. The first kappa shape index (κ1) is 23.2. The molecule has 1 aromatic carbocycles. The van der Waals surface area contributed by atoms with E-state index in [2.05, 4.69) is 10.2 Å². The van der Waals surface area contributed by atoms with Crippen LogP contribution in [0.25, 0.3) is 0 Å². The van der Waals surface area contributed by atoms with E-state index >= 15 is 0 Å². The predicted octanol–water partition coefficient (Wildman–Crippen LogP) is 3.33. The molecule has 1 saturated heterocycles. The van der Waals surface area contributed by atoms with E-state index in [0.29, 0.717) is 11.1 Å². The fourth-order valence-corrected chi connectivity index (χ4v) is 5.90. The highest BCUT2D eigenvalue weighted by Gasteiger charge is 2.26. The van der Waals surface area contributed by atoms with Crippen LogP contribution in [0.15, 0.2) is 17.0 Å². The summed E-state index contributed by atoms with van der Waals surface area (Å²) in [6.07, 6.45) is 8.76. The van der Waals surface area contributed by atoms with Crippen molar-refractivity contribution in [3.05, 3.63) is 28.8 Å². The highest BCUT2D eigenvalue weighted by Crippen LogP contribution is 2.26. The van der Waals surface area contributed by atoms with Gasteiger partial charge in [-0.25, -0.2) is 12.7 Å². The van der Waals surface area contributed by atoms with Gasteiger partial charge in [0.2, 0.25) is 10.0 Å². The van der Waals surface area contributed by atoms with E-state index < -0.39 is 10.0 Å². The van der Waals surface area contributed by atoms with Gasteiger partial charge in [-0.05, 0) is 68.7 Å². The van der Waals surface area contributed by atoms with Crippen LogP contribution in [0.2, 0.25) is 0 Å². The topological polar surface area (TPSA) is 69.7 Å². The summed E-state index contributed by atoms with van der Waals surface area (Å²) in [5.41, 5.74) is 1.92. The van der Waals surface area contributed by atoms with Gasteiger partial charge < -0.3 is 10.2 Å². The van der Waals surface area contributed by atoms with Crippen LogP contribution >= 0.6 is 0 Å². The molecule has 0 aromatic heterocycles. The lowest BCUT2D eigenvalue weighted by Gasteiger charge is -2.35. The number of hydrogen-bond acceptors (Lipinski definition) is 4.